The van der Waals surface area contributed by atoms with Crippen molar-refractivity contribution in [1.82, 2.24) is 24.9 Å². The Bertz CT molecular complexity index is 913. The molecular weight excluding hydrogens is 416 g/mol. The average Bonchev–Trinajstić information content (AvgIpc) is 3.30. The SMILES string of the molecule is Cc1ccn(-c2ccc(N3CCN(C(=O)c4cc(Br)cs4)CC3)nn2)n1. The largest absolute Gasteiger partial charge is 0.352 e. The van der Waals surface area contributed by atoms with Crippen LogP contribution in [0.25, 0.3) is 5.82 Å². The van der Waals surface area contributed by atoms with E-state index in [1.54, 1.807) is 4.68 Å². The summed E-state index contributed by atoms with van der Waals surface area (Å²) >= 11 is 4.87. The fourth-order valence-corrected chi connectivity index (χ4v) is 4.26. The number of hydrogen-bond donors (Lipinski definition) is 0. The number of piperazine rings is 1. The molecule has 9 heteroatoms. The molecule has 0 unspecified atom stereocenters. The van der Waals surface area contributed by atoms with Gasteiger partial charge in [-0.25, -0.2) is 4.68 Å². The maximum atomic E-state index is 12.5. The third-order valence-electron chi connectivity index (χ3n) is 4.26. The number of amides is 1. The summed E-state index contributed by atoms with van der Waals surface area (Å²) in [7, 11) is 0. The molecule has 0 saturated carbocycles. The predicted molar refractivity (Wildman–Crippen MR) is 104 cm³/mol. The molecule has 4 heterocycles. The Hall–Kier alpha value is -2.26. The van der Waals surface area contributed by atoms with Crippen molar-refractivity contribution >= 4 is 39.0 Å². The van der Waals surface area contributed by atoms with Gasteiger partial charge in [-0.2, -0.15) is 5.10 Å². The number of hydrogen-bond acceptors (Lipinski definition) is 6. The number of rotatable bonds is 3. The molecule has 4 rings (SSSR count). The highest BCUT2D eigenvalue weighted by atomic mass is 79.9. The van der Waals surface area contributed by atoms with Gasteiger partial charge in [0.25, 0.3) is 5.91 Å². The van der Waals surface area contributed by atoms with Gasteiger partial charge in [-0.15, -0.1) is 21.5 Å². The van der Waals surface area contributed by atoms with Gasteiger partial charge >= 0.3 is 0 Å². The monoisotopic (exact) mass is 432 g/mol. The van der Waals surface area contributed by atoms with E-state index in [1.165, 1.54) is 11.3 Å². The van der Waals surface area contributed by atoms with E-state index in [9.17, 15) is 4.79 Å². The van der Waals surface area contributed by atoms with E-state index in [2.05, 4.69) is 36.1 Å². The Morgan fingerprint density at radius 3 is 2.42 bits per heavy atom. The van der Waals surface area contributed by atoms with Crippen LogP contribution in [-0.4, -0.2) is 57.0 Å². The average molecular weight is 433 g/mol. The van der Waals surface area contributed by atoms with Crippen LogP contribution in [0, 0.1) is 6.92 Å². The number of aromatic nitrogens is 4. The summed E-state index contributed by atoms with van der Waals surface area (Å²) in [6.45, 7) is 4.78. The van der Waals surface area contributed by atoms with E-state index in [1.807, 2.05) is 47.7 Å². The highest BCUT2D eigenvalue weighted by molar-refractivity contribution is 9.10. The minimum Gasteiger partial charge on any atom is -0.352 e. The van der Waals surface area contributed by atoms with Crippen LogP contribution in [0.15, 0.2) is 40.3 Å². The lowest BCUT2D eigenvalue weighted by Crippen LogP contribution is -2.49. The summed E-state index contributed by atoms with van der Waals surface area (Å²) in [5.41, 5.74) is 0.939. The van der Waals surface area contributed by atoms with Crippen LogP contribution in [-0.2, 0) is 0 Å². The number of halogens is 1. The summed E-state index contributed by atoms with van der Waals surface area (Å²) in [6, 6.07) is 7.67. The van der Waals surface area contributed by atoms with Crippen molar-refractivity contribution in [3.63, 3.8) is 0 Å². The number of aryl methyl sites for hydroxylation is 1. The van der Waals surface area contributed by atoms with Crippen molar-refractivity contribution in [3.8, 4) is 5.82 Å². The highest BCUT2D eigenvalue weighted by Gasteiger charge is 2.24. The maximum absolute atomic E-state index is 12.5. The van der Waals surface area contributed by atoms with E-state index in [0.29, 0.717) is 18.9 Å². The van der Waals surface area contributed by atoms with Gasteiger partial charge in [0, 0.05) is 42.2 Å². The predicted octanol–water partition coefficient (Wildman–Crippen LogP) is 2.76. The second kappa shape index (κ2) is 7.16. The summed E-state index contributed by atoms with van der Waals surface area (Å²) in [5, 5.41) is 14.9. The zero-order valence-corrected chi connectivity index (χ0v) is 16.6. The fourth-order valence-electron chi connectivity index (χ4n) is 2.87. The van der Waals surface area contributed by atoms with Crippen LogP contribution in [0.1, 0.15) is 15.4 Å². The molecule has 0 N–H and O–H groups in total. The first-order valence-corrected chi connectivity index (χ1v) is 9.92. The normalized spacial score (nSPS) is 14.7. The van der Waals surface area contributed by atoms with Gasteiger partial charge in [0.15, 0.2) is 11.6 Å². The van der Waals surface area contributed by atoms with Crippen molar-refractivity contribution in [2.75, 3.05) is 31.1 Å². The minimum absolute atomic E-state index is 0.0934. The Labute approximate surface area is 163 Å². The van der Waals surface area contributed by atoms with E-state index >= 15 is 0 Å². The van der Waals surface area contributed by atoms with Gasteiger partial charge in [-0.1, -0.05) is 0 Å². The summed E-state index contributed by atoms with van der Waals surface area (Å²) < 4.78 is 2.66. The van der Waals surface area contributed by atoms with Crippen LogP contribution in [0.4, 0.5) is 5.82 Å². The quantitative estimate of drug-likeness (QED) is 0.636. The molecule has 1 saturated heterocycles. The van der Waals surface area contributed by atoms with Crippen LogP contribution >= 0.6 is 27.3 Å². The van der Waals surface area contributed by atoms with E-state index < -0.39 is 0 Å². The Kier molecular flexibility index (Phi) is 4.73. The van der Waals surface area contributed by atoms with Gasteiger partial charge in [-0.3, -0.25) is 4.79 Å². The van der Waals surface area contributed by atoms with E-state index in [0.717, 1.165) is 34.0 Å². The van der Waals surface area contributed by atoms with Crippen LogP contribution < -0.4 is 4.90 Å². The highest BCUT2D eigenvalue weighted by Crippen LogP contribution is 2.22. The zero-order chi connectivity index (χ0) is 18.1. The second-order valence-corrected chi connectivity index (χ2v) is 7.89. The van der Waals surface area contributed by atoms with Crippen LogP contribution in [0.2, 0.25) is 0 Å². The minimum atomic E-state index is 0.0934. The molecular formula is C17H17BrN6OS. The maximum Gasteiger partial charge on any atom is 0.264 e. The summed E-state index contributed by atoms with van der Waals surface area (Å²) in [5.74, 6) is 1.61. The van der Waals surface area contributed by atoms with Gasteiger partial charge in [0.1, 0.15) is 0 Å². The molecule has 3 aromatic heterocycles. The summed E-state index contributed by atoms with van der Waals surface area (Å²) in [4.78, 5) is 17.3. The van der Waals surface area contributed by atoms with Gasteiger partial charge in [0.05, 0.1) is 10.6 Å². The molecule has 0 atom stereocenters. The first kappa shape index (κ1) is 17.2. The number of nitrogens with zero attached hydrogens (tertiary/aromatic N) is 6. The Balaban J connectivity index is 1.39. The number of anilines is 1. The molecule has 26 heavy (non-hydrogen) atoms. The third-order valence-corrected chi connectivity index (χ3v) is 5.94. The zero-order valence-electron chi connectivity index (χ0n) is 14.2. The lowest BCUT2D eigenvalue weighted by atomic mass is 10.3. The van der Waals surface area contributed by atoms with Crippen molar-refractivity contribution < 1.29 is 4.79 Å². The molecule has 0 aliphatic carbocycles. The number of carbonyl (C=O) groups excluding carboxylic acids is 1. The molecule has 1 aliphatic heterocycles. The molecule has 134 valence electrons. The molecule has 0 radical (unpaired) electrons. The third kappa shape index (κ3) is 3.49. The van der Waals surface area contributed by atoms with Crippen molar-refractivity contribution in [3.05, 3.63) is 50.9 Å². The second-order valence-electron chi connectivity index (χ2n) is 6.06. The van der Waals surface area contributed by atoms with Crippen LogP contribution in [0.5, 0.6) is 0 Å². The number of carbonyl (C=O) groups is 1. The standard InChI is InChI=1S/C17H17BrN6OS/c1-12-4-5-24(21-12)16-3-2-15(19-20-16)22-6-8-23(9-7-22)17(25)14-10-13(18)11-26-14/h2-5,10-11H,6-9H2,1H3. The first-order valence-electron chi connectivity index (χ1n) is 8.25. The molecule has 1 amide bonds. The smallest absolute Gasteiger partial charge is 0.264 e. The molecule has 0 aromatic carbocycles. The van der Waals surface area contributed by atoms with Gasteiger partial charge < -0.3 is 9.80 Å². The summed E-state index contributed by atoms with van der Waals surface area (Å²) in [6.07, 6.45) is 1.87. The number of thiophene rings is 1. The van der Waals surface area contributed by atoms with Gasteiger partial charge in [0.2, 0.25) is 0 Å². The van der Waals surface area contributed by atoms with E-state index in [-0.39, 0.29) is 5.91 Å². The lowest BCUT2D eigenvalue weighted by molar-refractivity contribution is 0.0751. The Morgan fingerprint density at radius 1 is 1.12 bits per heavy atom. The molecule has 7 nitrogen and oxygen atoms in total. The fraction of sp³-hybridized carbons (Fsp3) is 0.294. The Morgan fingerprint density at radius 2 is 1.85 bits per heavy atom. The molecule has 0 bridgehead atoms. The first-order chi connectivity index (χ1) is 12.6. The van der Waals surface area contributed by atoms with Crippen LogP contribution in [0.3, 0.4) is 0 Å². The molecule has 1 aliphatic rings. The van der Waals surface area contributed by atoms with Gasteiger partial charge in [-0.05, 0) is 47.1 Å². The molecule has 1 fully saturated rings. The lowest BCUT2D eigenvalue weighted by Gasteiger charge is -2.35. The molecule has 3 aromatic rings. The van der Waals surface area contributed by atoms with E-state index in [4.69, 9.17) is 0 Å². The topological polar surface area (TPSA) is 67.2 Å². The van der Waals surface area contributed by atoms with Crippen molar-refractivity contribution in [2.45, 2.75) is 6.92 Å². The van der Waals surface area contributed by atoms with Crippen molar-refractivity contribution in [2.24, 2.45) is 0 Å². The van der Waals surface area contributed by atoms with Crippen molar-refractivity contribution in [1.29, 1.82) is 0 Å². The molecule has 0 spiro atoms.